The van der Waals surface area contributed by atoms with Crippen LogP contribution in [-0.2, 0) is 28.5 Å². The van der Waals surface area contributed by atoms with Crippen molar-refractivity contribution in [3.63, 3.8) is 0 Å². The second kappa shape index (κ2) is 9.55. The molecule has 0 aromatic heterocycles. The summed E-state index contributed by atoms with van der Waals surface area (Å²) in [7, 11) is 1.59. The summed E-state index contributed by atoms with van der Waals surface area (Å²) >= 11 is 0. The average molecular weight is 398 g/mol. The van der Waals surface area contributed by atoms with E-state index in [-0.39, 0.29) is 43.1 Å². The summed E-state index contributed by atoms with van der Waals surface area (Å²) in [6, 6.07) is 0. The van der Waals surface area contributed by atoms with Crippen molar-refractivity contribution in [1.29, 1.82) is 0 Å². The molecule has 7 heteroatoms. The minimum absolute atomic E-state index is 0.105. The van der Waals surface area contributed by atoms with Crippen LogP contribution in [0.1, 0.15) is 58.3 Å². The first-order valence-corrected chi connectivity index (χ1v) is 10.6. The Morgan fingerprint density at radius 2 is 1.64 bits per heavy atom. The molecule has 3 aliphatic rings. The van der Waals surface area contributed by atoms with E-state index in [2.05, 4.69) is 0 Å². The number of carbonyl (C=O) groups excluding carboxylic acids is 2. The van der Waals surface area contributed by atoms with Gasteiger partial charge in [-0.2, -0.15) is 0 Å². The van der Waals surface area contributed by atoms with Crippen molar-refractivity contribution in [2.24, 2.45) is 17.3 Å². The molecular weight excluding hydrogens is 364 g/mol. The Morgan fingerprint density at radius 1 is 0.964 bits per heavy atom. The maximum atomic E-state index is 12.5. The van der Waals surface area contributed by atoms with Crippen molar-refractivity contribution >= 4 is 11.9 Å². The molecule has 1 saturated heterocycles. The molecule has 0 aromatic rings. The van der Waals surface area contributed by atoms with E-state index in [0.29, 0.717) is 25.6 Å². The lowest BCUT2D eigenvalue weighted by Gasteiger charge is -2.32. The summed E-state index contributed by atoms with van der Waals surface area (Å²) in [5.74, 6) is -0.822. The number of esters is 2. The van der Waals surface area contributed by atoms with Gasteiger partial charge in [-0.3, -0.25) is 9.59 Å². The number of hydrogen-bond acceptors (Lipinski definition) is 7. The van der Waals surface area contributed by atoms with Crippen LogP contribution in [0.3, 0.4) is 0 Å². The predicted octanol–water partition coefficient (Wildman–Crippen LogP) is 2.23. The normalized spacial score (nSPS) is 34.0. The second-order valence-electron chi connectivity index (χ2n) is 8.74. The Hall–Kier alpha value is -1.18. The number of hydrogen-bond donors (Lipinski definition) is 1. The standard InChI is InChI=1S/C21H34O7/c1-3-21(11-25-2,12-26-19(23)14-5-4-6-16(22)9-14)13-27-20(24)15-7-8-17-18(10-15)28-17/h14-18,22H,3-13H2,1-2H3. The molecule has 0 spiro atoms. The molecule has 1 heterocycles. The molecule has 0 radical (unpaired) electrons. The van der Waals surface area contributed by atoms with E-state index in [1.165, 1.54) is 0 Å². The third-order valence-electron chi connectivity index (χ3n) is 6.56. The number of fused-ring (bicyclic) bond motifs is 1. The van der Waals surface area contributed by atoms with Crippen LogP contribution in [0.2, 0.25) is 0 Å². The summed E-state index contributed by atoms with van der Waals surface area (Å²) in [6.45, 7) is 2.64. The Kier molecular flexibility index (Phi) is 7.34. The van der Waals surface area contributed by atoms with Crippen molar-refractivity contribution in [1.82, 2.24) is 0 Å². The van der Waals surface area contributed by atoms with Gasteiger partial charge in [0.05, 0.1) is 42.2 Å². The summed E-state index contributed by atoms with van der Waals surface area (Å²) in [6.07, 6.45) is 6.08. The van der Waals surface area contributed by atoms with Gasteiger partial charge < -0.3 is 24.1 Å². The minimum Gasteiger partial charge on any atom is -0.465 e. The number of rotatable bonds is 9. The van der Waals surface area contributed by atoms with E-state index >= 15 is 0 Å². The molecule has 0 amide bonds. The van der Waals surface area contributed by atoms with E-state index in [1.807, 2.05) is 6.92 Å². The molecule has 3 fully saturated rings. The highest BCUT2D eigenvalue weighted by atomic mass is 16.6. The van der Waals surface area contributed by atoms with Crippen LogP contribution in [0.15, 0.2) is 0 Å². The zero-order valence-electron chi connectivity index (χ0n) is 17.1. The first-order valence-electron chi connectivity index (χ1n) is 10.6. The fraction of sp³-hybridized carbons (Fsp3) is 0.905. The van der Waals surface area contributed by atoms with Gasteiger partial charge in [-0.05, 0) is 44.9 Å². The first-order chi connectivity index (χ1) is 13.5. The molecule has 0 bridgehead atoms. The predicted molar refractivity (Wildman–Crippen MR) is 100 cm³/mol. The maximum Gasteiger partial charge on any atom is 0.309 e. The average Bonchev–Trinajstić information content (AvgIpc) is 3.48. The van der Waals surface area contributed by atoms with Crippen LogP contribution in [0, 0.1) is 17.3 Å². The van der Waals surface area contributed by atoms with E-state index in [1.54, 1.807) is 7.11 Å². The molecule has 7 nitrogen and oxygen atoms in total. The van der Waals surface area contributed by atoms with Gasteiger partial charge in [0.2, 0.25) is 0 Å². The van der Waals surface area contributed by atoms with Gasteiger partial charge in [0, 0.05) is 7.11 Å². The topological polar surface area (TPSA) is 94.6 Å². The summed E-state index contributed by atoms with van der Waals surface area (Å²) in [5, 5.41) is 9.78. The van der Waals surface area contributed by atoms with Crippen LogP contribution in [0.4, 0.5) is 0 Å². The molecular formula is C21H34O7. The number of ether oxygens (including phenoxy) is 4. The van der Waals surface area contributed by atoms with Gasteiger partial charge in [0.25, 0.3) is 0 Å². The highest BCUT2D eigenvalue weighted by Gasteiger charge is 2.46. The van der Waals surface area contributed by atoms with Crippen LogP contribution in [-0.4, -0.2) is 62.3 Å². The second-order valence-corrected chi connectivity index (χ2v) is 8.74. The van der Waals surface area contributed by atoms with Crippen LogP contribution >= 0.6 is 0 Å². The molecule has 3 rings (SSSR count). The lowest BCUT2D eigenvalue weighted by Crippen LogP contribution is -2.40. The summed E-state index contributed by atoms with van der Waals surface area (Å²) in [4.78, 5) is 24.9. The van der Waals surface area contributed by atoms with Crippen molar-refractivity contribution < 1.29 is 33.6 Å². The molecule has 0 aromatic carbocycles. The fourth-order valence-corrected chi connectivity index (χ4v) is 4.42. The highest BCUT2D eigenvalue weighted by Crippen LogP contribution is 2.40. The number of carbonyl (C=O) groups is 2. The largest absolute Gasteiger partial charge is 0.465 e. The molecule has 2 saturated carbocycles. The minimum atomic E-state index is -0.555. The van der Waals surface area contributed by atoms with Gasteiger partial charge in [0.15, 0.2) is 0 Å². The van der Waals surface area contributed by atoms with Gasteiger partial charge >= 0.3 is 11.9 Å². The number of methoxy groups -OCH3 is 1. The summed E-state index contributed by atoms with van der Waals surface area (Å²) in [5.41, 5.74) is -0.555. The smallest absolute Gasteiger partial charge is 0.309 e. The Morgan fingerprint density at radius 3 is 2.21 bits per heavy atom. The molecule has 2 aliphatic carbocycles. The van der Waals surface area contributed by atoms with Crippen LogP contribution < -0.4 is 0 Å². The maximum absolute atomic E-state index is 12.5. The molecule has 160 valence electrons. The first kappa shape index (κ1) is 21.5. The molecule has 6 unspecified atom stereocenters. The fourth-order valence-electron chi connectivity index (χ4n) is 4.42. The molecule has 28 heavy (non-hydrogen) atoms. The zero-order chi connectivity index (χ0) is 20.1. The van der Waals surface area contributed by atoms with Gasteiger partial charge in [-0.15, -0.1) is 0 Å². The SMILES string of the molecule is CCC(COC)(COC(=O)C1CCCC(O)C1)COC(=O)C1CCC2OC2C1. The number of aliphatic hydroxyl groups excluding tert-OH is 1. The number of aliphatic hydroxyl groups is 1. The molecule has 1 aliphatic heterocycles. The van der Waals surface area contributed by atoms with Crippen molar-refractivity contribution in [2.75, 3.05) is 26.9 Å². The van der Waals surface area contributed by atoms with E-state index in [4.69, 9.17) is 18.9 Å². The van der Waals surface area contributed by atoms with Crippen molar-refractivity contribution in [3.8, 4) is 0 Å². The van der Waals surface area contributed by atoms with Crippen molar-refractivity contribution in [3.05, 3.63) is 0 Å². The lowest BCUT2D eigenvalue weighted by atomic mass is 9.86. The van der Waals surface area contributed by atoms with E-state index in [0.717, 1.165) is 38.5 Å². The van der Waals surface area contributed by atoms with Gasteiger partial charge in [0.1, 0.15) is 13.2 Å². The third-order valence-corrected chi connectivity index (χ3v) is 6.56. The Labute approximate surface area is 167 Å². The highest BCUT2D eigenvalue weighted by molar-refractivity contribution is 5.73. The molecule has 1 N–H and O–H groups in total. The van der Waals surface area contributed by atoms with E-state index < -0.39 is 11.5 Å². The third kappa shape index (κ3) is 5.45. The monoisotopic (exact) mass is 398 g/mol. The van der Waals surface area contributed by atoms with Gasteiger partial charge in [-0.1, -0.05) is 13.3 Å². The summed E-state index contributed by atoms with van der Waals surface area (Å²) < 4.78 is 22.1. The zero-order valence-corrected chi connectivity index (χ0v) is 17.1. The van der Waals surface area contributed by atoms with Crippen molar-refractivity contribution in [2.45, 2.75) is 76.6 Å². The Bertz CT molecular complexity index is 527. The Balaban J connectivity index is 1.50. The van der Waals surface area contributed by atoms with Crippen LogP contribution in [0.25, 0.3) is 0 Å². The van der Waals surface area contributed by atoms with Gasteiger partial charge in [-0.25, -0.2) is 0 Å². The number of epoxide rings is 1. The quantitative estimate of drug-likeness (QED) is 0.470. The molecule has 6 atom stereocenters. The van der Waals surface area contributed by atoms with Crippen LogP contribution in [0.5, 0.6) is 0 Å². The van der Waals surface area contributed by atoms with E-state index in [9.17, 15) is 14.7 Å². The lowest BCUT2D eigenvalue weighted by molar-refractivity contribution is -0.164.